The van der Waals surface area contributed by atoms with Gasteiger partial charge in [-0.1, -0.05) is 29.8 Å². The molecule has 1 N–H and O–H groups in total. The molecule has 2 aromatic carbocycles. The van der Waals surface area contributed by atoms with Gasteiger partial charge >= 0.3 is 0 Å². The van der Waals surface area contributed by atoms with Crippen molar-refractivity contribution in [1.82, 2.24) is 4.98 Å². The van der Waals surface area contributed by atoms with Crippen molar-refractivity contribution in [3.8, 4) is 0 Å². The van der Waals surface area contributed by atoms with Gasteiger partial charge in [0.1, 0.15) is 4.90 Å². The molecule has 3 aromatic rings. The number of rotatable bonds is 2. The maximum absolute atomic E-state index is 12.5. The van der Waals surface area contributed by atoms with Gasteiger partial charge in [0, 0.05) is 22.1 Å². The summed E-state index contributed by atoms with van der Waals surface area (Å²) in [5.41, 5.74) is -0.0217. The number of pyridine rings is 1. The third-order valence-corrected chi connectivity index (χ3v) is 5.16. The molecule has 6 heteroatoms. The summed E-state index contributed by atoms with van der Waals surface area (Å²) in [6.07, 6.45) is 1.22. The Morgan fingerprint density at radius 3 is 2.43 bits per heavy atom. The quantitative estimate of drug-likeness (QED) is 0.789. The summed E-state index contributed by atoms with van der Waals surface area (Å²) in [5.74, 6) is 0. The number of sulfone groups is 1. The van der Waals surface area contributed by atoms with E-state index in [2.05, 4.69) is 4.98 Å². The number of halogens is 1. The standard InChI is InChI=1S/C15H10ClNO3S/c16-10-6-7-13-12(8-10)15(18)14(9-17-13)21(19,20)11-4-2-1-3-5-11/h1-9H,(H,17,18). The lowest BCUT2D eigenvalue weighted by molar-refractivity contribution is 0.595. The molecule has 106 valence electrons. The van der Waals surface area contributed by atoms with Crippen molar-refractivity contribution in [3.63, 3.8) is 0 Å². The number of hydrogen-bond donors (Lipinski definition) is 1. The predicted molar refractivity (Wildman–Crippen MR) is 81.5 cm³/mol. The van der Waals surface area contributed by atoms with Crippen LogP contribution in [0, 0.1) is 0 Å². The number of H-pyrrole nitrogens is 1. The predicted octanol–water partition coefficient (Wildman–Crippen LogP) is 3.01. The summed E-state index contributed by atoms with van der Waals surface area (Å²) in [4.78, 5) is 15.1. The summed E-state index contributed by atoms with van der Waals surface area (Å²) >= 11 is 5.87. The highest BCUT2D eigenvalue weighted by Crippen LogP contribution is 2.20. The smallest absolute Gasteiger partial charge is 0.211 e. The number of nitrogens with one attached hydrogen (secondary N) is 1. The van der Waals surface area contributed by atoms with Gasteiger partial charge in [-0.05, 0) is 30.3 Å². The summed E-state index contributed by atoms with van der Waals surface area (Å²) < 4.78 is 25.1. The second-order valence-electron chi connectivity index (χ2n) is 4.49. The average molecular weight is 320 g/mol. The van der Waals surface area contributed by atoms with Gasteiger partial charge in [-0.2, -0.15) is 0 Å². The van der Waals surface area contributed by atoms with E-state index < -0.39 is 15.3 Å². The monoisotopic (exact) mass is 319 g/mol. The molecular formula is C15H10ClNO3S. The number of aromatic amines is 1. The highest BCUT2D eigenvalue weighted by Gasteiger charge is 2.22. The average Bonchev–Trinajstić information content (AvgIpc) is 2.49. The second kappa shape index (κ2) is 5.02. The topological polar surface area (TPSA) is 67.0 Å². The molecule has 0 aliphatic rings. The Hall–Kier alpha value is -2.11. The van der Waals surface area contributed by atoms with Crippen molar-refractivity contribution in [1.29, 1.82) is 0 Å². The number of fused-ring (bicyclic) bond motifs is 1. The van der Waals surface area contributed by atoms with Crippen LogP contribution in [0.5, 0.6) is 0 Å². The first-order chi connectivity index (χ1) is 10.00. The summed E-state index contributed by atoms with van der Waals surface area (Å²) in [7, 11) is -3.86. The molecule has 21 heavy (non-hydrogen) atoms. The highest BCUT2D eigenvalue weighted by atomic mass is 35.5. The lowest BCUT2D eigenvalue weighted by atomic mass is 10.2. The van der Waals surface area contributed by atoms with E-state index in [4.69, 9.17) is 11.6 Å². The third kappa shape index (κ3) is 2.34. The Kier molecular flexibility index (Phi) is 3.31. The number of aromatic nitrogens is 1. The van der Waals surface area contributed by atoms with E-state index in [1.54, 1.807) is 30.3 Å². The SMILES string of the molecule is O=c1c(S(=O)(=O)c2ccccc2)c[nH]c2ccc(Cl)cc12. The molecule has 1 aromatic heterocycles. The zero-order valence-corrected chi connectivity index (χ0v) is 12.3. The van der Waals surface area contributed by atoms with Crippen molar-refractivity contribution in [2.45, 2.75) is 9.79 Å². The Bertz CT molecular complexity index is 979. The second-order valence-corrected chi connectivity index (χ2v) is 6.84. The molecule has 3 rings (SSSR count). The molecule has 0 saturated heterocycles. The van der Waals surface area contributed by atoms with Crippen LogP contribution in [0.4, 0.5) is 0 Å². The fraction of sp³-hybridized carbons (Fsp3) is 0. The Morgan fingerprint density at radius 2 is 1.71 bits per heavy atom. The molecule has 4 nitrogen and oxygen atoms in total. The van der Waals surface area contributed by atoms with Gasteiger partial charge in [0.15, 0.2) is 0 Å². The van der Waals surface area contributed by atoms with Crippen LogP contribution in [0.1, 0.15) is 0 Å². The molecular weight excluding hydrogens is 310 g/mol. The van der Waals surface area contributed by atoms with Crippen LogP contribution in [0.15, 0.2) is 69.3 Å². The van der Waals surface area contributed by atoms with Gasteiger partial charge in [-0.3, -0.25) is 4.79 Å². The van der Waals surface area contributed by atoms with Gasteiger partial charge in [0.2, 0.25) is 15.3 Å². The fourth-order valence-corrected chi connectivity index (χ4v) is 3.61. The van der Waals surface area contributed by atoms with Gasteiger partial charge in [-0.15, -0.1) is 0 Å². The van der Waals surface area contributed by atoms with E-state index in [1.165, 1.54) is 24.4 Å². The molecule has 0 fully saturated rings. The molecule has 0 aliphatic carbocycles. The molecule has 0 radical (unpaired) electrons. The highest BCUT2D eigenvalue weighted by molar-refractivity contribution is 7.91. The van der Waals surface area contributed by atoms with Crippen LogP contribution in [0.25, 0.3) is 10.9 Å². The molecule has 0 spiro atoms. The van der Waals surface area contributed by atoms with Crippen molar-refractivity contribution in [3.05, 3.63) is 70.0 Å². The molecule has 1 heterocycles. The van der Waals surface area contributed by atoms with Crippen LogP contribution in [-0.2, 0) is 9.84 Å². The van der Waals surface area contributed by atoms with Crippen molar-refractivity contribution in [2.24, 2.45) is 0 Å². The Labute approximate surface area is 125 Å². The summed E-state index contributed by atoms with van der Waals surface area (Å²) in [5, 5.41) is 0.627. The molecule has 0 unspecified atom stereocenters. The Morgan fingerprint density at radius 1 is 1.00 bits per heavy atom. The van der Waals surface area contributed by atoms with E-state index in [0.717, 1.165) is 0 Å². The minimum Gasteiger partial charge on any atom is -0.360 e. The zero-order chi connectivity index (χ0) is 15.0. The van der Waals surface area contributed by atoms with E-state index in [-0.39, 0.29) is 15.2 Å². The first-order valence-electron chi connectivity index (χ1n) is 6.11. The van der Waals surface area contributed by atoms with Crippen LogP contribution < -0.4 is 5.43 Å². The maximum Gasteiger partial charge on any atom is 0.211 e. The normalized spacial score (nSPS) is 11.7. The molecule has 0 atom stereocenters. The van der Waals surface area contributed by atoms with E-state index in [9.17, 15) is 13.2 Å². The lowest BCUT2D eigenvalue weighted by Crippen LogP contribution is -2.16. The maximum atomic E-state index is 12.5. The van der Waals surface area contributed by atoms with Crippen molar-refractivity contribution >= 4 is 32.3 Å². The molecule has 0 aliphatic heterocycles. The first kappa shape index (κ1) is 13.9. The summed E-state index contributed by atoms with van der Waals surface area (Å²) in [6.45, 7) is 0. The summed E-state index contributed by atoms with van der Waals surface area (Å²) in [6, 6.07) is 12.6. The third-order valence-electron chi connectivity index (χ3n) is 3.15. The van der Waals surface area contributed by atoms with Crippen LogP contribution >= 0.6 is 11.6 Å². The minimum absolute atomic E-state index is 0.0804. The zero-order valence-electron chi connectivity index (χ0n) is 10.7. The van der Waals surface area contributed by atoms with Gasteiger partial charge in [-0.25, -0.2) is 8.42 Å². The lowest BCUT2D eigenvalue weighted by Gasteiger charge is -2.05. The Balaban J connectivity index is 2.32. The first-order valence-corrected chi connectivity index (χ1v) is 7.97. The van der Waals surface area contributed by atoms with E-state index in [0.29, 0.717) is 10.5 Å². The molecule has 0 amide bonds. The van der Waals surface area contributed by atoms with Gasteiger partial charge in [0.25, 0.3) is 0 Å². The van der Waals surface area contributed by atoms with Crippen molar-refractivity contribution < 1.29 is 8.42 Å². The van der Waals surface area contributed by atoms with Crippen molar-refractivity contribution in [2.75, 3.05) is 0 Å². The number of hydrogen-bond acceptors (Lipinski definition) is 3. The van der Waals surface area contributed by atoms with E-state index >= 15 is 0 Å². The molecule has 0 saturated carbocycles. The van der Waals surface area contributed by atoms with Crippen LogP contribution in [0.2, 0.25) is 5.02 Å². The van der Waals surface area contributed by atoms with Crippen LogP contribution in [-0.4, -0.2) is 13.4 Å². The molecule has 0 bridgehead atoms. The minimum atomic E-state index is -3.86. The van der Waals surface area contributed by atoms with Gasteiger partial charge in [0.05, 0.1) is 4.90 Å². The van der Waals surface area contributed by atoms with Crippen LogP contribution in [0.3, 0.4) is 0 Å². The van der Waals surface area contributed by atoms with E-state index in [1.807, 2.05) is 0 Å². The van der Waals surface area contributed by atoms with Gasteiger partial charge < -0.3 is 4.98 Å². The fourth-order valence-electron chi connectivity index (χ4n) is 2.10. The largest absolute Gasteiger partial charge is 0.360 e. The number of benzene rings is 2.